The summed E-state index contributed by atoms with van der Waals surface area (Å²) in [7, 11) is 0. The Morgan fingerprint density at radius 3 is 2.15 bits per heavy atom. The van der Waals surface area contributed by atoms with E-state index in [0.717, 1.165) is 27.8 Å². The van der Waals surface area contributed by atoms with E-state index in [1.807, 2.05) is 36.4 Å². The minimum absolute atomic E-state index is 0.0590. The number of benzene rings is 3. The Hall–Kier alpha value is -4.06. The lowest BCUT2D eigenvalue weighted by atomic mass is 9.98. The van der Waals surface area contributed by atoms with Crippen LogP contribution in [-0.4, -0.2) is 31.3 Å². The summed E-state index contributed by atoms with van der Waals surface area (Å²) in [5.41, 5.74) is 11.7. The summed E-state index contributed by atoms with van der Waals surface area (Å²) in [6.45, 7) is 3.78. The largest absolute Gasteiger partial charge is 0.460 e. The molecule has 0 spiro atoms. The SMILES string of the molecule is C=CCOC(=O)[C@H](Cc1ccc(N)cc1)NC(=O)OCC1c2ccccc2-c2ccccc21. The fourth-order valence-corrected chi connectivity index (χ4v) is 4.11. The number of hydrogen-bond donors (Lipinski definition) is 2. The Bertz CT molecular complexity index is 1110. The summed E-state index contributed by atoms with van der Waals surface area (Å²) >= 11 is 0. The molecule has 1 aliphatic carbocycles. The number of esters is 1. The number of amides is 1. The number of fused-ring (bicyclic) bond motifs is 3. The maximum Gasteiger partial charge on any atom is 0.407 e. The van der Waals surface area contributed by atoms with Gasteiger partial charge in [0.15, 0.2) is 0 Å². The number of nitrogen functional groups attached to an aromatic ring is 1. The van der Waals surface area contributed by atoms with Gasteiger partial charge >= 0.3 is 12.1 Å². The number of carbonyl (C=O) groups excluding carboxylic acids is 2. The normalized spacial score (nSPS) is 12.8. The monoisotopic (exact) mass is 442 g/mol. The van der Waals surface area contributed by atoms with Crippen molar-refractivity contribution < 1.29 is 19.1 Å². The predicted octanol–water partition coefficient (Wildman–Crippen LogP) is 4.45. The predicted molar refractivity (Wildman–Crippen MR) is 128 cm³/mol. The van der Waals surface area contributed by atoms with Crippen molar-refractivity contribution in [3.8, 4) is 11.1 Å². The van der Waals surface area contributed by atoms with Gasteiger partial charge in [0.1, 0.15) is 19.3 Å². The van der Waals surface area contributed by atoms with Gasteiger partial charge in [-0.3, -0.25) is 0 Å². The number of hydrogen-bond acceptors (Lipinski definition) is 5. The molecule has 0 saturated heterocycles. The van der Waals surface area contributed by atoms with Gasteiger partial charge in [-0.1, -0.05) is 73.3 Å². The first kappa shape index (κ1) is 22.1. The average molecular weight is 443 g/mol. The van der Waals surface area contributed by atoms with Gasteiger partial charge in [0.05, 0.1) is 0 Å². The molecule has 3 N–H and O–H groups in total. The van der Waals surface area contributed by atoms with Crippen molar-refractivity contribution in [1.29, 1.82) is 0 Å². The van der Waals surface area contributed by atoms with Gasteiger partial charge in [0.2, 0.25) is 0 Å². The second-order valence-electron chi connectivity index (χ2n) is 7.89. The van der Waals surface area contributed by atoms with E-state index in [-0.39, 0.29) is 25.6 Å². The van der Waals surface area contributed by atoms with Crippen LogP contribution in [-0.2, 0) is 20.7 Å². The molecule has 3 aromatic carbocycles. The summed E-state index contributed by atoms with van der Waals surface area (Å²) in [6.07, 6.45) is 1.05. The average Bonchev–Trinajstić information content (AvgIpc) is 3.16. The van der Waals surface area contributed by atoms with Crippen LogP contribution < -0.4 is 11.1 Å². The van der Waals surface area contributed by atoms with Crippen molar-refractivity contribution in [3.05, 3.63) is 102 Å². The van der Waals surface area contributed by atoms with Crippen LogP contribution >= 0.6 is 0 Å². The second kappa shape index (κ2) is 10.0. The van der Waals surface area contributed by atoms with Crippen molar-refractivity contribution in [2.75, 3.05) is 18.9 Å². The third-order valence-electron chi connectivity index (χ3n) is 5.68. The molecule has 0 aliphatic heterocycles. The molecule has 0 unspecified atom stereocenters. The molecular weight excluding hydrogens is 416 g/mol. The van der Waals surface area contributed by atoms with Crippen LogP contribution in [0.25, 0.3) is 11.1 Å². The van der Waals surface area contributed by atoms with E-state index in [4.69, 9.17) is 15.2 Å². The van der Waals surface area contributed by atoms with Gasteiger partial charge in [-0.15, -0.1) is 0 Å². The first-order chi connectivity index (χ1) is 16.1. The molecule has 1 amide bonds. The molecule has 6 nitrogen and oxygen atoms in total. The van der Waals surface area contributed by atoms with Crippen molar-refractivity contribution in [2.24, 2.45) is 0 Å². The first-order valence-corrected chi connectivity index (χ1v) is 10.8. The molecule has 0 saturated carbocycles. The molecule has 4 rings (SSSR count). The Morgan fingerprint density at radius 1 is 0.939 bits per heavy atom. The van der Waals surface area contributed by atoms with Crippen LogP contribution in [0.15, 0.2) is 85.5 Å². The summed E-state index contributed by atoms with van der Waals surface area (Å²) in [4.78, 5) is 25.2. The maximum absolute atomic E-state index is 12.7. The molecule has 33 heavy (non-hydrogen) atoms. The van der Waals surface area contributed by atoms with Gasteiger partial charge in [-0.2, -0.15) is 0 Å². The Labute approximate surface area is 193 Å². The van der Waals surface area contributed by atoms with E-state index in [0.29, 0.717) is 5.69 Å². The number of nitrogens with two attached hydrogens (primary N) is 1. The van der Waals surface area contributed by atoms with Gasteiger partial charge in [0.25, 0.3) is 0 Å². The molecular formula is C27H26N2O4. The zero-order valence-electron chi connectivity index (χ0n) is 18.2. The van der Waals surface area contributed by atoms with E-state index < -0.39 is 18.1 Å². The van der Waals surface area contributed by atoms with Crippen LogP contribution in [0.5, 0.6) is 0 Å². The van der Waals surface area contributed by atoms with Gasteiger partial charge in [-0.05, 0) is 39.9 Å². The van der Waals surface area contributed by atoms with Gasteiger partial charge < -0.3 is 20.5 Å². The Morgan fingerprint density at radius 2 is 1.55 bits per heavy atom. The highest BCUT2D eigenvalue weighted by atomic mass is 16.6. The third kappa shape index (κ3) is 5.06. The molecule has 0 fully saturated rings. The fraction of sp³-hybridized carbons (Fsp3) is 0.185. The summed E-state index contributed by atoms with van der Waals surface area (Å²) < 4.78 is 10.8. The van der Waals surface area contributed by atoms with Gasteiger partial charge in [0, 0.05) is 18.0 Å². The highest BCUT2D eigenvalue weighted by Crippen LogP contribution is 2.44. The molecule has 0 heterocycles. The lowest BCUT2D eigenvalue weighted by molar-refractivity contribution is -0.144. The minimum Gasteiger partial charge on any atom is -0.460 e. The number of rotatable bonds is 8. The number of anilines is 1. The molecule has 3 aromatic rings. The fourth-order valence-electron chi connectivity index (χ4n) is 4.11. The quantitative estimate of drug-likeness (QED) is 0.306. The summed E-state index contributed by atoms with van der Waals surface area (Å²) in [5, 5.41) is 2.66. The van der Waals surface area contributed by atoms with E-state index >= 15 is 0 Å². The molecule has 0 aromatic heterocycles. The first-order valence-electron chi connectivity index (χ1n) is 10.8. The van der Waals surface area contributed by atoms with Crippen LogP contribution in [0.3, 0.4) is 0 Å². The van der Waals surface area contributed by atoms with Crippen molar-refractivity contribution in [1.82, 2.24) is 5.32 Å². The minimum atomic E-state index is -0.899. The van der Waals surface area contributed by atoms with Gasteiger partial charge in [-0.25, -0.2) is 9.59 Å². The second-order valence-corrected chi connectivity index (χ2v) is 7.89. The summed E-state index contributed by atoms with van der Waals surface area (Å²) in [6, 6.07) is 22.4. The van der Waals surface area contributed by atoms with E-state index in [1.54, 1.807) is 12.1 Å². The smallest absolute Gasteiger partial charge is 0.407 e. The highest BCUT2D eigenvalue weighted by Gasteiger charge is 2.30. The number of ether oxygens (including phenoxy) is 2. The Kier molecular flexibility index (Phi) is 6.74. The molecule has 168 valence electrons. The van der Waals surface area contributed by atoms with Crippen molar-refractivity contribution in [2.45, 2.75) is 18.4 Å². The van der Waals surface area contributed by atoms with Crippen molar-refractivity contribution >= 4 is 17.7 Å². The Balaban J connectivity index is 1.44. The van der Waals surface area contributed by atoms with Crippen LogP contribution in [0, 0.1) is 0 Å². The standard InChI is InChI=1S/C27H26N2O4/c1-2-15-32-26(30)25(16-18-11-13-19(28)14-12-18)29-27(31)33-17-24-22-9-5-3-7-20(22)21-8-4-6-10-23(21)24/h2-14,24-25H,1,15-17,28H2,(H,29,31)/t25-/m0/s1. The molecule has 0 radical (unpaired) electrons. The number of nitrogens with one attached hydrogen (secondary N) is 1. The summed E-state index contributed by atoms with van der Waals surface area (Å²) in [5.74, 6) is -0.619. The lowest BCUT2D eigenvalue weighted by Crippen LogP contribution is -2.44. The van der Waals surface area contributed by atoms with Crippen LogP contribution in [0.4, 0.5) is 10.5 Å². The van der Waals surface area contributed by atoms with Crippen LogP contribution in [0.2, 0.25) is 0 Å². The molecule has 1 atom stereocenters. The zero-order chi connectivity index (χ0) is 23.2. The zero-order valence-corrected chi connectivity index (χ0v) is 18.2. The lowest BCUT2D eigenvalue weighted by Gasteiger charge is -2.19. The van der Waals surface area contributed by atoms with Crippen LogP contribution in [0.1, 0.15) is 22.6 Å². The molecule has 1 aliphatic rings. The molecule has 6 heteroatoms. The molecule has 0 bridgehead atoms. The third-order valence-corrected chi connectivity index (χ3v) is 5.68. The van der Waals surface area contributed by atoms with E-state index in [2.05, 4.69) is 36.2 Å². The highest BCUT2D eigenvalue weighted by molar-refractivity contribution is 5.82. The van der Waals surface area contributed by atoms with E-state index in [1.165, 1.54) is 6.08 Å². The topological polar surface area (TPSA) is 90.6 Å². The number of carbonyl (C=O) groups is 2. The van der Waals surface area contributed by atoms with E-state index in [9.17, 15) is 9.59 Å². The number of alkyl carbamates (subject to hydrolysis) is 1. The maximum atomic E-state index is 12.7. The van der Waals surface area contributed by atoms with Crippen molar-refractivity contribution in [3.63, 3.8) is 0 Å².